The van der Waals surface area contributed by atoms with Gasteiger partial charge in [0.2, 0.25) is 0 Å². The highest BCUT2D eigenvalue weighted by molar-refractivity contribution is 5.42. The maximum atomic E-state index is 11.7. The molecule has 0 aromatic rings. The van der Waals surface area contributed by atoms with Gasteiger partial charge in [-0.25, -0.2) is 0 Å². The molecule has 4 nitrogen and oxygen atoms in total. The number of allylic oxidation sites excluding steroid dienone is 1. The summed E-state index contributed by atoms with van der Waals surface area (Å²) in [6.45, 7) is 2.21. The van der Waals surface area contributed by atoms with E-state index < -0.39 is 0 Å². The summed E-state index contributed by atoms with van der Waals surface area (Å²) in [6, 6.07) is 1.25. The Bertz CT molecular complexity index is 633. The smallest absolute Gasteiger partial charge is 0.111 e. The predicted molar refractivity (Wildman–Crippen MR) is 90.9 cm³/mol. The molecule has 5 heterocycles. The van der Waals surface area contributed by atoms with Crippen molar-refractivity contribution >= 4 is 0 Å². The van der Waals surface area contributed by atoms with Gasteiger partial charge in [-0.15, -0.1) is 0 Å². The Hall–Kier alpha value is -0.580. The van der Waals surface area contributed by atoms with E-state index in [0.717, 1.165) is 12.8 Å². The second-order valence-electron chi connectivity index (χ2n) is 9.42. The highest BCUT2D eigenvalue weighted by atomic mass is 16.3. The maximum Gasteiger partial charge on any atom is 0.111 e. The zero-order valence-corrected chi connectivity index (χ0v) is 14.9. The Morgan fingerprint density at radius 2 is 1.96 bits per heavy atom. The molecule has 0 radical (unpaired) electrons. The van der Waals surface area contributed by atoms with E-state index in [4.69, 9.17) is 0 Å². The molecule has 0 aromatic heterocycles. The number of piperidine rings is 4. The summed E-state index contributed by atoms with van der Waals surface area (Å²) >= 11 is 0. The molecule has 7 aliphatic rings. The van der Waals surface area contributed by atoms with Crippen LogP contribution in [-0.4, -0.2) is 57.5 Å². The number of hydrogen-bond donors (Lipinski definition) is 2. The quantitative estimate of drug-likeness (QED) is 0.771. The van der Waals surface area contributed by atoms with E-state index in [-0.39, 0.29) is 17.7 Å². The Balaban J connectivity index is 1.55. The van der Waals surface area contributed by atoms with Crippen molar-refractivity contribution in [3.8, 4) is 0 Å². The Kier molecular flexibility index (Phi) is 2.66. The summed E-state index contributed by atoms with van der Waals surface area (Å²) in [5, 5.41) is 22.7. The molecule has 24 heavy (non-hydrogen) atoms. The van der Waals surface area contributed by atoms with Gasteiger partial charge in [0.05, 0.1) is 12.1 Å². The molecule has 5 fully saturated rings. The molecule has 10 unspecified atom stereocenters. The molecule has 1 spiro atoms. The topological polar surface area (TPSA) is 46.9 Å². The van der Waals surface area contributed by atoms with Gasteiger partial charge in [0.25, 0.3) is 0 Å². The summed E-state index contributed by atoms with van der Waals surface area (Å²) < 4.78 is 0. The molecular formula is C20H30N2O2. The minimum atomic E-state index is -0.283. The lowest BCUT2D eigenvalue weighted by atomic mass is 9.62. The molecular weight excluding hydrogens is 300 g/mol. The van der Waals surface area contributed by atoms with Crippen LogP contribution in [0.3, 0.4) is 0 Å². The number of nitrogens with zero attached hydrogens (tertiary/aromatic N) is 2. The third-order valence-electron chi connectivity index (χ3n) is 9.10. The summed E-state index contributed by atoms with van der Waals surface area (Å²) in [7, 11) is 2.28. The first-order valence-corrected chi connectivity index (χ1v) is 10.2. The van der Waals surface area contributed by atoms with Crippen molar-refractivity contribution in [3.05, 3.63) is 11.3 Å². The number of hydrogen-bond acceptors (Lipinski definition) is 4. The van der Waals surface area contributed by atoms with Crippen molar-refractivity contribution in [2.24, 2.45) is 23.2 Å². The van der Waals surface area contributed by atoms with Crippen LogP contribution in [0.25, 0.3) is 0 Å². The maximum absolute atomic E-state index is 11.7. The number of aliphatic hydroxyl groups excluding tert-OH is 2. The Morgan fingerprint density at radius 1 is 1.17 bits per heavy atom. The standard InChI is InChI=1S/C20H30N2O2/c1-3-10-11-8-14-17-20(12-6-4-5-7-13(12)21(17)2)9-15(16(11)18(20)23)22(14)19(10)24/h10-11,14-19,23-24H,3-9H2,1-2H3. The summed E-state index contributed by atoms with van der Waals surface area (Å²) in [4.78, 5) is 5.02. The zero-order valence-electron chi connectivity index (χ0n) is 14.9. The van der Waals surface area contributed by atoms with Gasteiger partial charge in [0.1, 0.15) is 6.23 Å². The van der Waals surface area contributed by atoms with Crippen molar-refractivity contribution in [2.75, 3.05) is 7.05 Å². The molecule has 0 amide bonds. The third kappa shape index (κ3) is 1.28. The second kappa shape index (κ2) is 4.39. The van der Waals surface area contributed by atoms with Crippen LogP contribution in [0.15, 0.2) is 11.3 Å². The minimum Gasteiger partial charge on any atom is -0.392 e. The molecule has 132 valence electrons. The van der Waals surface area contributed by atoms with E-state index in [9.17, 15) is 10.2 Å². The molecule has 4 heteroatoms. The van der Waals surface area contributed by atoms with Gasteiger partial charge in [0, 0.05) is 42.1 Å². The summed E-state index contributed by atoms with van der Waals surface area (Å²) in [5.74, 6) is 1.27. The predicted octanol–water partition coefficient (Wildman–Crippen LogP) is 1.93. The van der Waals surface area contributed by atoms with Crippen LogP contribution in [0, 0.1) is 23.2 Å². The molecule has 2 aliphatic carbocycles. The first kappa shape index (κ1) is 14.6. The van der Waals surface area contributed by atoms with Gasteiger partial charge < -0.3 is 15.1 Å². The van der Waals surface area contributed by atoms with Gasteiger partial charge in [-0.1, -0.05) is 6.92 Å². The van der Waals surface area contributed by atoms with Gasteiger partial charge >= 0.3 is 0 Å². The van der Waals surface area contributed by atoms with Crippen molar-refractivity contribution in [1.82, 2.24) is 9.80 Å². The van der Waals surface area contributed by atoms with E-state index >= 15 is 0 Å². The van der Waals surface area contributed by atoms with Crippen LogP contribution in [0.4, 0.5) is 0 Å². The van der Waals surface area contributed by atoms with E-state index in [1.54, 1.807) is 11.3 Å². The van der Waals surface area contributed by atoms with Crippen molar-refractivity contribution < 1.29 is 10.2 Å². The van der Waals surface area contributed by atoms with Crippen LogP contribution < -0.4 is 0 Å². The van der Waals surface area contributed by atoms with Crippen molar-refractivity contribution in [2.45, 2.75) is 82.3 Å². The summed E-state index contributed by atoms with van der Waals surface area (Å²) in [6.07, 6.45) is 7.82. The van der Waals surface area contributed by atoms with Gasteiger partial charge in [0.15, 0.2) is 0 Å². The number of aliphatic hydroxyl groups is 2. The lowest BCUT2D eigenvalue weighted by molar-refractivity contribution is -0.218. The number of rotatable bonds is 1. The van der Waals surface area contributed by atoms with E-state index in [0.29, 0.717) is 35.9 Å². The molecule has 10 atom stereocenters. The van der Waals surface area contributed by atoms with E-state index in [1.807, 2.05) is 0 Å². The zero-order chi connectivity index (χ0) is 16.4. The largest absolute Gasteiger partial charge is 0.392 e. The van der Waals surface area contributed by atoms with Crippen LogP contribution in [0.2, 0.25) is 0 Å². The molecule has 4 saturated heterocycles. The van der Waals surface area contributed by atoms with Crippen molar-refractivity contribution in [3.63, 3.8) is 0 Å². The van der Waals surface area contributed by atoms with Crippen LogP contribution in [0.5, 0.6) is 0 Å². The van der Waals surface area contributed by atoms with Crippen LogP contribution in [0.1, 0.15) is 51.9 Å². The van der Waals surface area contributed by atoms with Crippen LogP contribution >= 0.6 is 0 Å². The SMILES string of the molecule is CCC1C2CC3C4N(C)C5=C(CCCC5)C45CC(C2C5O)N3C1O. The second-order valence-corrected chi connectivity index (χ2v) is 9.42. The average molecular weight is 330 g/mol. The van der Waals surface area contributed by atoms with E-state index in [1.165, 1.54) is 32.1 Å². The van der Waals surface area contributed by atoms with Gasteiger partial charge in [-0.05, 0) is 56.4 Å². The van der Waals surface area contributed by atoms with Crippen LogP contribution in [-0.2, 0) is 0 Å². The number of fused-ring (bicyclic) bond motifs is 1. The first-order valence-electron chi connectivity index (χ1n) is 10.2. The molecule has 5 bridgehead atoms. The van der Waals surface area contributed by atoms with E-state index in [2.05, 4.69) is 23.8 Å². The summed E-state index contributed by atoms with van der Waals surface area (Å²) in [5.41, 5.74) is 3.19. The monoisotopic (exact) mass is 330 g/mol. The lowest BCUT2D eigenvalue weighted by Gasteiger charge is -2.62. The fraction of sp³-hybridized carbons (Fsp3) is 0.900. The first-order chi connectivity index (χ1) is 11.6. The fourth-order valence-corrected chi connectivity index (χ4v) is 8.56. The van der Waals surface area contributed by atoms with Gasteiger partial charge in [-0.3, -0.25) is 4.90 Å². The molecule has 1 saturated carbocycles. The lowest BCUT2D eigenvalue weighted by Crippen LogP contribution is -2.72. The molecule has 0 aromatic carbocycles. The average Bonchev–Trinajstić information content (AvgIpc) is 2.97. The fourth-order valence-electron chi connectivity index (χ4n) is 8.56. The van der Waals surface area contributed by atoms with Crippen molar-refractivity contribution in [1.29, 1.82) is 0 Å². The number of likely N-dealkylation sites (N-methyl/N-ethyl adjacent to an activating group) is 1. The Labute approximate surface area is 144 Å². The molecule has 2 N–H and O–H groups in total. The highest BCUT2D eigenvalue weighted by Gasteiger charge is 2.76. The minimum absolute atomic E-state index is 0.0120. The van der Waals surface area contributed by atoms with Gasteiger partial charge in [-0.2, -0.15) is 0 Å². The molecule has 5 aliphatic heterocycles. The third-order valence-corrected chi connectivity index (χ3v) is 9.10. The Morgan fingerprint density at radius 3 is 2.75 bits per heavy atom. The highest BCUT2D eigenvalue weighted by Crippen LogP contribution is 2.70. The normalized spacial score (nSPS) is 60.0. The molecule has 7 rings (SSSR count).